The highest BCUT2D eigenvalue weighted by Crippen LogP contribution is 2.42. The van der Waals surface area contributed by atoms with Gasteiger partial charge in [-0.2, -0.15) is 10.5 Å². The molecule has 2 aliphatic carbocycles. The van der Waals surface area contributed by atoms with E-state index < -0.39 is 62.0 Å². The number of ether oxygens (including phenoxy) is 6. The lowest BCUT2D eigenvalue weighted by molar-refractivity contribution is -0.162. The number of carbonyl (C=O) groups excluding carboxylic acids is 4. The minimum Gasteiger partial charge on any atom is -0.493 e. The molecule has 0 aliphatic heterocycles. The number of esters is 4. The van der Waals surface area contributed by atoms with Gasteiger partial charge < -0.3 is 28.4 Å². The molecule has 0 heterocycles. The predicted molar refractivity (Wildman–Crippen MR) is 243 cm³/mol. The van der Waals surface area contributed by atoms with E-state index in [1.807, 2.05) is 36.4 Å². The van der Waals surface area contributed by atoms with Gasteiger partial charge in [0.15, 0.2) is 0 Å². The van der Waals surface area contributed by atoms with Crippen LogP contribution in [0, 0.1) is 51.7 Å². The molecule has 0 amide bonds. The minimum absolute atomic E-state index is 0.111. The van der Waals surface area contributed by atoms with Crippen molar-refractivity contribution in [2.24, 2.45) is 29.1 Å². The van der Waals surface area contributed by atoms with Crippen LogP contribution in [-0.4, -0.2) is 63.5 Å². The zero-order valence-corrected chi connectivity index (χ0v) is 38.3. The smallest absolute Gasteiger partial charge is 0.333 e. The Labute approximate surface area is 380 Å². The van der Waals surface area contributed by atoms with Crippen LogP contribution in [-0.2, 0) is 44.5 Å². The van der Waals surface area contributed by atoms with Crippen molar-refractivity contribution < 1.29 is 47.6 Å². The van der Waals surface area contributed by atoms with Gasteiger partial charge in [-0.25, -0.2) is 9.59 Å². The molecule has 0 radical (unpaired) electrons. The Morgan fingerprint density at radius 3 is 1.77 bits per heavy atom. The molecular weight excluding hydrogens is 813 g/mol. The van der Waals surface area contributed by atoms with Crippen molar-refractivity contribution in [3.8, 4) is 34.8 Å². The van der Waals surface area contributed by atoms with E-state index in [0.29, 0.717) is 36.7 Å². The van der Waals surface area contributed by atoms with Crippen LogP contribution in [0.2, 0.25) is 0 Å². The second kappa shape index (κ2) is 26.9. The van der Waals surface area contributed by atoms with Crippen LogP contribution < -0.4 is 9.47 Å². The fourth-order valence-electron chi connectivity index (χ4n) is 8.58. The lowest BCUT2D eigenvalue weighted by Crippen LogP contribution is -2.44. The van der Waals surface area contributed by atoms with Gasteiger partial charge in [0.05, 0.1) is 25.4 Å². The van der Waals surface area contributed by atoms with Crippen LogP contribution in [0.5, 0.6) is 11.5 Å². The molecule has 0 spiro atoms. The number of benzene rings is 2. The molecule has 2 aromatic rings. The average molecular weight is 881 g/mol. The molecule has 64 heavy (non-hydrogen) atoms. The molecule has 0 N–H and O–H groups in total. The van der Waals surface area contributed by atoms with Gasteiger partial charge in [-0.05, 0) is 130 Å². The van der Waals surface area contributed by atoms with Gasteiger partial charge >= 0.3 is 23.9 Å². The number of nitriles is 2. The predicted octanol–water partition coefficient (Wildman–Crippen LogP) is 10.4. The van der Waals surface area contributed by atoms with Crippen molar-refractivity contribution in [3.63, 3.8) is 0 Å². The van der Waals surface area contributed by atoms with Crippen molar-refractivity contribution in [1.29, 1.82) is 10.5 Å². The average Bonchev–Trinajstić information content (AvgIpc) is 3.30. The van der Waals surface area contributed by atoms with Crippen molar-refractivity contribution in [2.75, 3.05) is 39.6 Å². The van der Waals surface area contributed by atoms with Gasteiger partial charge in [0, 0.05) is 11.1 Å². The number of hydrogen-bond acceptors (Lipinski definition) is 12. The Morgan fingerprint density at radius 2 is 1.20 bits per heavy atom. The third-order valence-electron chi connectivity index (χ3n) is 12.5. The highest BCUT2D eigenvalue weighted by Gasteiger charge is 2.38. The van der Waals surface area contributed by atoms with Crippen molar-refractivity contribution in [1.82, 2.24) is 0 Å². The number of hydrogen-bond donors (Lipinski definition) is 0. The van der Waals surface area contributed by atoms with Crippen molar-refractivity contribution in [2.45, 2.75) is 124 Å². The summed E-state index contributed by atoms with van der Waals surface area (Å²) in [5.41, 5.74) is 1.57. The molecule has 2 saturated carbocycles. The van der Waals surface area contributed by atoms with Crippen LogP contribution in [0.3, 0.4) is 0 Å². The summed E-state index contributed by atoms with van der Waals surface area (Å²) in [6.45, 7) is 11.8. The first-order valence-electron chi connectivity index (χ1n) is 23.0. The Hall–Kier alpha value is -5.62. The summed E-state index contributed by atoms with van der Waals surface area (Å²) in [4.78, 5) is 49.3. The summed E-state index contributed by atoms with van der Waals surface area (Å²) in [6.07, 6.45) is 16.1. The molecule has 0 unspecified atom stereocenters. The monoisotopic (exact) mass is 880 g/mol. The summed E-state index contributed by atoms with van der Waals surface area (Å²) in [6, 6.07) is 17.1. The Kier molecular flexibility index (Phi) is 21.4. The number of carbonyl (C=O) groups is 4. The minimum atomic E-state index is -1.45. The highest BCUT2D eigenvalue weighted by atomic mass is 16.6. The van der Waals surface area contributed by atoms with E-state index in [4.69, 9.17) is 38.9 Å². The molecule has 12 heteroatoms. The lowest BCUT2D eigenvalue weighted by atomic mass is 9.69. The highest BCUT2D eigenvalue weighted by molar-refractivity contribution is 5.87. The maximum Gasteiger partial charge on any atom is 0.333 e. The van der Waals surface area contributed by atoms with E-state index >= 15 is 0 Å². The molecule has 0 aromatic heterocycles. The van der Waals surface area contributed by atoms with Gasteiger partial charge in [-0.3, -0.25) is 9.59 Å². The van der Waals surface area contributed by atoms with Crippen LogP contribution in [0.15, 0.2) is 66.8 Å². The van der Waals surface area contributed by atoms with Gasteiger partial charge in [0.2, 0.25) is 0 Å². The van der Waals surface area contributed by atoms with Gasteiger partial charge in [-0.15, -0.1) is 0 Å². The second-order valence-corrected chi connectivity index (χ2v) is 17.9. The summed E-state index contributed by atoms with van der Waals surface area (Å²) in [7, 11) is 0. The summed E-state index contributed by atoms with van der Waals surface area (Å²) in [5.74, 6) is 1.65. The third kappa shape index (κ3) is 17.2. The van der Waals surface area contributed by atoms with Crippen LogP contribution in [0.4, 0.5) is 0 Å². The molecule has 2 fully saturated rings. The fourth-order valence-corrected chi connectivity index (χ4v) is 8.58. The second-order valence-electron chi connectivity index (χ2n) is 17.9. The number of aryl methyl sites for hydroxylation is 1. The molecule has 0 saturated heterocycles. The fraction of sp³-hybridized carbons (Fsp3) is 0.577. The maximum absolute atomic E-state index is 12.5. The van der Waals surface area contributed by atoms with E-state index in [2.05, 4.69) is 20.1 Å². The first-order valence-corrected chi connectivity index (χ1v) is 23.0. The van der Waals surface area contributed by atoms with E-state index in [9.17, 15) is 19.2 Å². The summed E-state index contributed by atoms with van der Waals surface area (Å²) < 4.78 is 34.3. The number of nitrogens with zero attached hydrogens (tertiary/aromatic N) is 2. The largest absolute Gasteiger partial charge is 0.493 e. The van der Waals surface area contributed by atoms with Crippen molar-refractivity contribution in [3.05, 3.63) is 72.3 Å². The molecule has 2 aromatic carbocycles. The number of unbranched alkanes of at least 4 members (excludes halogenated alkanes) is 2. The zero-order chi connectivity index (χ0) is 46.3. The molecule has 346 valence electrons. The molecule has 4 rings (SSSR count). The van der Waals surface area contributed by atoms with Gasteiger partial charge in [0.25, 0.3) is 0 Å². The van der Waals surface area contributed by atoms with Crippen molar-refractivity contribution >= 4 is 23.9 Å². The van der Waals surface area contributed by atoms with E-state index in [0.717, 1.165) is 40.2 Å². The zero-order valence-electron chi connectivity index (χ0n) is 38.3. The van der Waals surface area contributed by atoms with Crippen LogP contribution in [0.25, 0.3) is 11.1 Å². The summed E-state index contributed by atoms with van der Waals surface area (Å²) in [5, 5.41) is 18.1. The summed E-state index contributed by atoms with van der Waals surface area (Å²) >= 11 is 0. The maximum atomic E-state index is 12.5. The molecule has 2 aliphatic rings. The molecule has 0 bridgehead atoms. The quantitative estimate of drug-likeness (QED) is 0.0380. The number of rotatable bonds is 26. The van der Waals surface area contributed by atoms with E-state index in [1.165, 1.54) is 84.0 Å². The Balaban J connectivity index is 1.45. The lowest BCUT2D eigenvalue weighted by Gasteiger charge is -2.38. The topological polar surface area (TPSA) is 171 Å². The van der Waals surface area contributed by atoms with Gasteiger partial charge in [-0.1, -0.05) is 76.8 Å². The normalized spacial score (nSPS) is 18.3. The third-order valence-corrected chi connectivity index (χ3v) is 12.5. The molecular formula is C52H68N2O10. The Morgan fingerprint density at radius 1 is 0.656 bits per heavy atom. The van der Waals surface area contributed by atoms with Crippen LogP contribution >= 0.6 is 0 Å². The van der Waals surface area contributed by atoms with Crippen LogP contribution in [0.1, 0.15) is 123 Å². The van der Waals surface area contributed by atoms with E-state index in [-0.39, 0.29) is 18.8 Å². The molecule has 0 atom stereocenters. The van der Waals surface area contributed by atoms with E-state index in [1.54, 1.807) is 25.1 Å². The Bertz CT molecular complexity index is 1910. The first kappa shape index (κ1) is 51.0. The first-order chi connectivity index (χ1) is 30.8. The SMILES string of the molecule is C=C(C)C(=O)OCCCc1cc(-c2ccc(OCC3CCC(C4CCC(CCCCC)CC4)CC3)cc2)ccc1OCC(COC(=O)CC#N)(COC(=O)CC#N)COC(=O)C(=C)C. The molecule has 12 nitrogen and oxygen atoms in total. The van der Waals surface area contributed by atoms with Gasteiger partial charge in [0.1, 0.15) is 56.2 Å². The standard InChI is InChI=1S/C52H68N2O10/c1-6-7-8-10-39-12-16-41(17-13-39)42-18-14-40(15-19-42)32-60-46-23-20-43(21-24-46)44-22-25-47(45(31-44)11-9-30-59-50(57)37(2)3)61-33-52(34-62-48(55)26-28-53,35-63-49(56)27-29-54)36-64-51(58)38(4)5/h20-25,31,39-42H,2,4,6-19,26-27,30,32-36H2,1,3,5H3.